The van der Waals surface area contributed by atoms with Crippen molar-refractivity contribution >= 4 is 39.3 Å². The van der Waals surface area contributed by atoms with Crippen molar-refractivity contribution in [2.45, 2.75) is 40.2 Å². The first kappa shape index (κ1) is 18.1. The fraction of sp³-hybridized carbons (Fsp3) is 0.500. The number of anilines is 1. The molecule has 0 atom stereocenters. The fourth-order valence-electron chi connectivity index (χ4n) is 2.23. The van der Waals surface area contributed by atoms with Crippen LogP contribution in [-0.4, -0.2) is 41.7 Å². The van der Waals surface area contributed by atoms with Crippen molar-refractivity contribution in [3.63, 3.8) is 0 Å². The van der Waals surface area contributed by atoms with E-state index in [-0.39, 0.29) is 18.4 Å². The van der Waals surface area contributed by atoms with E-state index >= 15 is 0 Å². The average Bonchev–Trinajstić information content (AvgIpc) is 2.84. The van der Waals surface area contributed by atoms with Crippen LogP contribution in [0.15, 0.2) is 0 Å². The van der Waals surface area contributed by atoms with Gasteiger partial charge in [0.2, 0.25) is 0 Å². The number of thiophene rings is 1. The molecule has 7 nitrogen and oxygen atoms in total. The Morgan fingerprint density at radius 1 is 1.29 bits per heavy atom. The molecule has 0 aromatic carbocycles. The van der Waals surface area contributed by atoms with Crippen molar-refractivity contribution in [3.8, 4) is 0 Å². The number of hydrogen-bond donors (Lipinski definition) is 1. The topological polar surface area (TPSA) is 90.4 Å². The van der Waals surface area contributed by atoms with Gasteiger partial charge in [-0.3, -0.25) is 4.79 Å². The lowest BCUT2D eigenvalue weighted by Crippen LogP contribution is -2.14. The van der Waals surface area contributed by atoms with Crippen LogP contribution in [0.5, 0.6) is 0 Å². The van der Waals surface area contributed by atoms with E-state index in [0.717, 1.165) is 10.9 Å². The predicted octanol–water partition coefficient (Wildman–Crippen LogP) is 2.71. The summed E-state index contributed by atoms with van der Waals surface area (Å²) < 4.78 is 9.78. The monoisotopic (exact) mass is 351 g/mol. The summed E-state index contributed by atoms with van der Waals surface area (Å²) in [5.41, 5.74) is 0.779. The van der Waals surface area contributed by atoms with Crippen LogP contribution in [0.3, 0.4) is 0 Å². The molecule has 2 heterocycles. The van der Waals surface area contributed by atoms with Crippen LogP contribution in [0, 0.1) is 6.92 Å². The van der Waals surface area contributed by atoms with Crippen molar-refractivity contribution in [3.05, 3.63) is 16.3 Å². The molecule has 0 saturated heterocycles. The molecular formula is C16H21N3O4S. The Morgan fingerprint density at radius 3 is 2.58 bits per heavy atom. The van der Waals surface area contributed by atoms with E-state index in [1.165, 1.54) is 18.4 Å². The fourth-order valence-corrected chi connectivity index (χ4v) is 3.33. The smallest absolute Gasteiger partial charge is 0.348 e. The molecule has 0 radical (unpaired) electrons. The highest BCUT2D eigenvalue weighted by Gasteiger charge is 2.22. The third kappa shape index (κ3) is 3.81. The Balaban J connectivity index is 2.58. The Morgan fingerprint density at radius 2 is 2.00 bits per heavy atom. The third-order valence-electron chi connectivity index (χ3n) is 3.25. The van der Waals surface area contributed by atoms with E-state index < -0.39 is 5.97 Å². The maximum absolute atomic E-state index is 12.1. The van der Waals surface area contributed by atoms with Gasteiger partial charge >= 0.3 is 11.9 Å². The maximum atomic E-state index is 12.1. The largest absolute Gasteiger partial charge is 0.469 e. The number of aromatic nitrogens is 2. The molecule has 2 aromatic heterocycles. The predicted molar refractivity (Wildman–Crippen MR) is 92.6 cm³/mol. The zero-order valence-electron chi connectivity index (χ0n) is 14.4. The second-order valence-corrected chi connectivity index (χ2v) is 6.50. The first-order chi connectivity index (χ1) is 11.4. The zero-order chi connectivity index (χ0) is 17.9. The number of fused-ring (bicyclic) bond motifs is 1. The summed E-state index contributed by atoms with van der Waals surface area (Å²) in [5, 5.41) is 4.04. The third-order valence-corrected chi connectivity index (χ3v) is 4.42. The summed E-state index contributed by atoms with van der Waals surface area (Å²) in [5.74, 6) is 0.180. The number of nitrogens with zero attached hydrogens (tertiary/aromatic N) is 2. The molecule has 8 heteroatoms. The molecule has 0 aliphatic carbocycles. The minimum absolute atomic E-state index is 0.0229. The minimum atomic E-state index is -0.413. The Hall–Kier alpha value is -2.22. The van der Waals surface area contributed by atoms with Crippen LogP contribution < -0.4 is 5.32 Å². The number of hydrogen-bond acceptors (Lipinski definition) is 8. The van der Waals surface area contributed by atoms with Crippen molar-refractivity contribution in [2.24, 2.45) is 0 Å². The molecule has 2 rings (SSSR count). The Labute approximate surface area is 144 Å². The van der Waals surface area contributed by atoms with E-state index in [2.05, 4.69) is 20.0 Å². The highest BCUT2D eigenvalue weighted by molar-refractivity contribution is 7.20. The summed E-state index contributed by atoms with van der Waals surface area (Å²) in [4.78, 5) is 33.6. The number of methoxy groups -OCH3 is 1. The number of carbonyl (C=O) groups is 2. The molecule has 0 spiro atoms. The molecule has 0 bridgehead atoms. The molecular weight excluding hydrogens is 330 g/mol. The average molecular weight is 351 g/mol. The number of esters is 2. The van der Waals surface area contributed by atoms with E-state index in [1.807, 2.05) is 20.8 Å². The van der Waals surface area contributed by atoms with Gasteiger partial charge in [0.25, 0.3) is 0 Å². The quantitative estimate of drug-likeness (QED) is 0.800. The van der Waals surface area contributed by atoms with Gasteiger partial charge in [-0.05, 0) is 33.3 Å². The molecule has 0 aliphatic rings. The van der Waals surface area contributed by atoms with Crippen molar-refractivity contribution < 1.29 is 19.1 Å². The summed E-state index contributed by atoms with van der Waals surface area (Å²) in [6, 6.07) is 0.138. The van der Waals surface area contributed by atoms with E-state index in [1.54, 1.807) is 6.92 Å². The van der Waals surface area contributed by atoms with Crippen LogP contribution in [0.25, 0.3) is 10.2 Å². The number of aryl methyl sites for hydroxylation is 1. The molecule has 0 unspecified atom stereocenters. The minimum Gasteiger partial charge on any atom is -0.469 e. The van der Waals surface area contributed by atoms with Gasteiger partial charge in [-0.1, -0.05) is 0 Å². The van der Waals surface area contributed by atoms with Crippen LogP contribution in [0.4, 0.5) is 5.82 Å². The summed E-state index contributed by atoms with van der Waals surface area (Å²) in [6.45, 7) is 7.90. The van der Waals surface area contributed by atoms with Crippen molar-refractivity contribution in [2.75, 3.05) is 19.0 Å². The van der Waals surface area contributed by atoms with Gasteiger partial charge in [-0.2, -0.15) is 0 Å². The van der Waals surface area contributed by atoms with Gasteiger partial charge in [0, 0.05) is 6.04 Å². The van der Waals surface area contributed by atoms with Crippen LogP contribution in [0.1, 0.15) is 41.8 Å². The van der Waals surface area contributed by atoms with Gasteiger partial charge in [-0.15, -0.1) is 11.3 Å². The summed E-state index contributed by atoms with van der Waals surface area (Å²) >= 11 is 1.24. The van der Waals surface area contributed by atoms with Crippen LogP contribution >= 0.6 is 11.3 Å². The number of ether oxygens (including phenoxy) is 2. The molecule has 1 N–H and O–H groups in total. The van der Waals surface area contributed by atoms with E-state index in [4.69, 9.17) is 4.74 Å². The second kappa shape index (κ2) is 7.57. The molecule has 2 aromatic rings. The first-order valence-electron chi connectivity index (χ1n) is 7.67. The zero-order valence-corrected chi connectivity index (χ0v) is 15.2. The van der Waals surface area contributed by atoms with Gasteiger partial charge < -0.3 is 14.8 Å². The van der Waals surface area contributed by atoms with Crippen molar-refractivity contribution in [1.82, 2.24) is 9.97 Å². The lowest BCUT2D eigenvalue weighted by Gasteiger charge is -2.12. The van der Waals surface area contributed by atoms with Crippen molar-refractivity contribution in [1.29, 1.82) is 0 Å². The lowest BCUT2D eigenvalue weighted by molar-refractivity contribution is -0.139. The van der Waals surface area contributed by atoms with Gasteiger partial charge in [0.1, 0.15) is 27.8 Å². The molecule has 0 amide bonds. The molecule has 24 heavy (non-hydrogen) atoms. The summed E-state index contributed by atoms with van der Waals surface area (Å²) in [7, 11) is 1.32. The second-order valence-electron chi connectivity index (χ2n) is 5.50. The molecule has 0 fully saturated rings. The molecule has 0 saturated carbocycles. The highest BCUT2D eigenvalue weighted by atomic mass is 32.1. The van der Waals surface area contributed by atoms with Gasteiger partial charge in [-0.25, -0.2) is 14.8 Å². The lowest BCUT2D eigenvalue weighted by atomic mass is 10.2. The molecule has 0 aliphatic heterocycles. The molecule has 130 valence electrons. The number of nitrogens with one attached hydrogen (secondary N) is 1. The Kier molecular flexibility index (Phi) is 5.71. The number of carbonyl (C=O) groups excluding carboxylic acids is 2. The maximum Gasteiger partial charge on any atom is 0.348 e. The summed E-state index contributed by atoms with van der Waals surface area (Å²) in [6.07, 6.45) is -0.0229. The standard InChI is InChI=1S/C16H21N3O4S/c1-6-23-16(21)13-9(4)12-14(17-8(2)3)18-10(7-11(20)22-5)19-15(12)24-13/h8H,6-7H2,1-5H3,(H,17,18,19). The number of rotatable bonds is 6. The van der Waals surface area contributed by atoms with Gasteiger partial charge in [0.15, 0.2) is 0 Å². The first-order valence-corrected chi connectivity index (χ1v) is 8.49. The van der Waals surface area contributed by atoms with E-state index in [0.29, 0.717) is 28.0 Å². The van der Waals surface area contributed by atoms with Gasteiger partial charge in [0.05, 0.1) is 19.1 Å². The van der Waals surface area contributed by atoms with E-state index in [9.17, 15) is 9.59 Å². The normalized spacial score (nSPS) is 10.9. The Bertz CT molecular complexity index is 770. The SMILES string of the molecule is CCOC(=O)c1sc2nc(CC(=O)OC)nc(NC(C)C)c2c1C. The highest BCUT2D eigenvalue weighted by Crippen LogP contribution is 2.34. The van der Waals surface area contributed by atoms with Crippen LogP contribution in [0.2, 0.25) is 0 Å². The van der Waals surface area contributed by atoms with Crippen LogP contribution in [-0.2, 0) is 20.7 Å².